The molecule has 0 atom stereocenters. The maximum absolute atomic E-state index is 10.5. The van der Waals surface area contributed by atoms with Crippen molar-refractivity contribution < 1.29 is 4.92 Å². The summed E-state index contributed by atoms with van der Waals surface area (Å²) in [5, 5.41) is 22.5. The minimum atomic E-state index is -0.410. The van der Waals surface area contributed by atoms with Crippen LogP contribution < -0.4 is 5.32 Å². The molecule has 0 unspecified atom stereocenters. The zero-order valence-electron chi connectivity index (χ0n) is 10.00. The summed E-state index contributed by atoms with van der Waals surface area (Å²) in [6.07, 6.45) is 0. The monoisotopic (exact) mass is 273 g/mol. The van der Waals surface area contributed by atoms with Crippen molar-refractivity contribution >= 4 is 17.0 Å². The van der Waals surface area contributed by atoms with Crippen LogP contribution in [0.15, 0.2) is 36.4 Å². The fourth-order valence-electron chi connectivity index (χ4n) is 1.60. The Bertz CT molecular complexity index is 614. The Kier molecular flexibility index (Phi) is 4.23. The third kappa shape index (κ3) is 3.61. The van der Waals surface area contributed by atoms with Gasteiger partial charge in [-0.1, -0.05) is 12.1 Å². The Morgan fingerprint density at radius 3 is 2.53 bits per heavy atom. The van der Waals surface area contributed by atoms with Crippen molar-refractivity contribution in [2.45, 2.75) is 13.1 Å². The maximum atomic E-state index is 10.5. The van der Waals surface area contributed by atoms with Crippen LogP contribution in [0.2, 0.25) is 0 Å². The molecular weight excluding hydrogens is 262 g/mol. The van der Waals surface area contributed by atoms with Crippen LogP contribution in [0.3, 0.4) is 0 Å². The number of non-ortho nitro benzene ring substituents is 1. The van der Waals surface area contributed by atoms with E-state index in [1.54, 1.807) is 18.2 Å². The molecule has 0 saturated heterocycles. The Hall–Kier alpha value is -2.23. The van der Waals surface area contributed by atoms with Gasteiger partial charge in [-0.3, -0.25) is 10.1 Å². The van der Waals surface area contributed by atoms with Crippen molar-refractivity contribution in [2.75, 3.05) is 0 Å². The van der Waals surface area contributed by atoms with E-state index >= 15 is 0 Å². The molecule has 0 amide bonds. The summed E-state index contributed by atoms with van der Waals surface area (Å²) < 4.78 is 0. The lowest BCUT2D eigenvalue weighted by atomic mass is 10.2. The number of nitrogens with one attached hydrogen (secondary N) is 1. The number of rotatable bonds is 5. The highest BCUT2D eigenvalue weighted by Crippen LogP contribution is 2.15. The van der Waals surface area contributed by atoms with Gasteiger partial charge in [-0.25, -0.2) is 0 Å². The van der Waals surface area contributed by atoms with Gasteiger partial charge in [0.1, 0.15) is 10.9 Å². The highest BCUT2D eigenvalue weighted by atomic mass is 32.1. The number of nitro benzene ring substituents is 1. The Balaban J connectivity index is 1.85. The maximum Gasteiger partial charge on any atom is 0.269 e. The van der Waals surface area contributed by atoms with Gasteiger partial charge in [-0.15, -0.1) is 11.3 Å². The van der Waals surface area contributed by atoms with Crippen LogP contribution in [0.5, 0.6) is 0 Å². The van der Waals surface area contributed by atoms with E-state index in [1.807, 2.05) is 6.07 Å². The summed E-state index contributed by atoms with van der Waals surface area (Å²) in [5.41, 5.74) is 1.09. The third-order valence-electron chi connectivity index (χ3n) is 2.55. The minimum Gasteiger partial charge on any atom is -0.308 e. The molecule has 1 aromatic carbocycles. The van der Waals surface area contributed by atoms with Crippen LogP contribution in [0.4, 0.5) is 5.69 Å². The molecule has 0 saturated carbocycles. The van der Waals surface area contributed by atoms with Gasteiger partial charge in [-0.2, -0.15) is 5.26 Å². The van der Waals surface area contributed by atoms with Gasteiger partial charge < -0.3 is 5.32 Å². The number of nitriles is 1. The topological polar surface area (TPSA) is 79.0 Å². The molecule has 19 heavy (non-hydrogen) atoms. The Morgan fingerprint density at radius 1 is 1.21 bits per heavy atom. The van der Waals surface area contributed by atoms with Crippen molar-refractivity contribution in [1.82, 2.24) is 5.32 Å². The van der Waals surface area contributed by atoms with E-state index in [0.29, 0.717) is 18.0 Å². The predicted octanol–water partition coefficient (Wildman–Crippen LogP) is 2.82. The molecule has 0 aliphatic carbocycles. The lowest BCUT2D eigenvalue weighted by Crippen LogP contribution is -2.11. The molecule has 1 aromatic heterocycles. The summed E-state index contributed by atoms with van der Waals surface area (Å²) in [6, 6.07) is 12.3. The second-order valence-electron chi connectivity index (χ2n) is 3.90. The number of hydrogen-bond donors (Lipinski definition) is 1. The fourth-order valence-corrected chi connectivity index (χ4v) is 2.37. The number of thiophene rings is 1. The van der Waals surface area contributed by atoms with Gasteiger partial charge in [0, 0.05) is 30.1 Å². The lowest BCUT2D eigenvalue weighted by molar-refractivity contribution is -0.384. The van der Waals surface area contributed by atoms with Gasteiger partial charge in [-0.05, 0) is 17.7 Å². The van der Waals surface area contributed by atoms with Crippen LogP contribution in [-0.2, 0) is 13.1 Å². The summed E-state index contributed by atoms with van der Waals surface area (Å²) in [5.74, 6) is 0. The van der Waals surface area contributed by atoms with Gasteiger partial charge in [0.05, 0.1) is 4.92 Å². The molecule has 1 heterocycles. The molecule has 0 spiro atoms. The minimum absolute atomic E-state index is 0.0978. The van der Waals surface area contributed by atoms with Crippen LogP contribution in [0, 0.1) is 21.4 Å². The third-order valence-corrected chi connectivity index (χ3v) is 3.54. The second kappa shape index (κ2) is 6.09. The average Bonchev–Trinajstić information content (AvgIpc) is 2.87. The van der Waals surface area contributed by atoms with E-state index in [4.69, 9.17) is 5.26 Å². The van der Waals surface area contributed by atoms with Gasteiger partial charge in [0.25, 0.3) is 5.69 Å². The quantitative estimate of drug-likeness (QED) is 0.671. The SMILES string of the molecule is N#Cc1ccc(CNCc2ccc([N+](=O)[O-])cc2)s1. The van der Waals surface area contributed by atoms with E-state index in [0.717, 1.165) is 10.4 Å². The lowest BCUT2D eigenvalue weighted by Gasteiger charge is -2.03. The van der Waals surface area contributed by atoms with Gasteiger partial charge >= 0.3 is 0 Å². The Labute approximate surface area is 114 Å². The van der Waals surface area contributed by atoms with Gasteiger partial charge in [0.15, 0.2) is 0 Å². The molecule has 6 heteroatoms. The zero-order valence-corrected chi connectivity index (χ0v) is 10.8. The highest BCUT2D eigenvalue weighted by molar-refractivity contribution is 7.12. The number of hydrogen-bond acceptors (Lipinski definition) is 5. The molecule has 2 rings (SSSR count). The van der Waals surface area contributed by atoms with Crippen molar-refractivity contribution in [3.05, 3.63) is 61.8 Å². The van der Waals surface area contributed by atoms with Crippen molar-refractivity contribution in [3.8, 4) is 6.07 Å². The van der Waals surface area contributed by atoms with Crippen molar-refractivity contribution in [2.24, 2.45) is 0 Å². The highest BCUT2D eigenvalue weighted by Gasteiger charge is 2.04. The zero-order chi connectivity index (χ0) is 13.7. The summed E-state index contributed by atoms with van der Waals surface area (Å²) in [4.78, 5) is 11.9. The van der Waals surface area contributed by atoms with Crippen LogP contribution in [-0.4, -0.2) is 4.92 Å². The van der Waals surface area contributed by atoms with Crippen LogP contribution >= 0.6 is 11.3 Å². The molecule has 5 nitrogen and oxygen atoms in total. The first-order valence-electron chi connectivity index (χ1n) is 5.62. The van der Waals surface area contributed by atoms with E-state index in [2.05, 4.69) is 11.4 Å². The molecular formula is C13H11N3O2S. The fraction of sp³-hybridized carbons (Fsp3) is 0.154. The average molecular weight is 273 g/mol. The number of nitrogens with zero attached hydrogens (tertiary/aromatic N) is 2. The van der Waals surface area contributed by atoms with Crippen LogP contribution in [0.25, 0.3) is 0 Å². The molecule has 0 bridgehead atoms. The van der Waals surface area contributed by atoms with Gasteiger partial charge in [0.2, 0.25) is 0 Å². The second-order valence-corrected chi connectivity index (χ2v) is 5.07. The first-order valence-corrected chi connectivity index (χ1v) is 6.43. The number of nitro groups is 1. The first-order chi connectivity index (χ1) is 9.19. The molecule has 1 N–H and O–H groups in total. The predicted molar refractivity (Wildman–Crippen MR) is 72.7 cm³/mol. The van der Waals surface area contributed by atoms with E-state index < -0.39 is 4.92 Å². The van der Waals surface area contributed by atoms with E-state index in [-0.39, 0.29) is 5.69 Å². The molecule has 2 aromatic rings. The molecule has 0 fully saturated rings. The summed E-state index contributed by atoms with van der Waals surface area (Å²) >= 11 is 1.46. The normalized spacial score (nSPS) is 10.1. The largest absolute Gasteiger partial charge is 0.308 e. The number of benzene rings is 1. The first kappa shape index (κ1) is 13.2. The Morgan fingerprint density at radius 2 is 1.95 bits per heavy atom. The molecule has 0 radical (unpaired) electrons. The van der Waals surface area contributed by atoms with E-state index in [1.165, 1.54) is 23.5 Å². The summed E-state index contributed by atoms with van der Waals surface area (Å²) in [6.45, 7) is 1.32. The molecule has 96 valence electrons. The molecule has 0 aliphatic heterocycles. The molecule has 0 aliphatic rings. The van der Waals surface area contributed by atoms with Crippen molar-refractivity contribution in [1.29, 1.82) is 5.26 Å². The standard InChI is InChI=1S/C13H11N3O2S/c14-7-12-5-6-13(19-12)9-15-8-10-1-3-11(4-2-10)16(17)18/h1-6,15H,8-9H2. The summed E-state index contributed by atoms with van der Waals surface area (Å²) in [7, 11) is 0. The smallest absolute Gasteiger partial charge is 0.269 e. The van der Waals surface area contributed by atoms with E-state index in [9.17, 15) is 10.1 Å². The van der Waals surface area contributed by atoms with Crippen LogP contribution in [0.1, 0.15) is 15.3 Å². The van der Waals surface area contributed by atoms with Crippen molar-refractivity contribution in [3.63, 3.8) is 0 Å².